The fraction of sp³-hybridized carbons (Fsp3) is 0.632. The van der Waals surface area contributed by atoms with E-state index in [2.05, 4.69) is 26.0 Å². The molecule has 0 saturated carbocycles. The Morgan fingerprint density at radius 1 is 1.30 bits per heavy atom. The largest absolute Gasteiger partial charge is 0.516 e. The molecule has 1 fully saturated rings. The maximum atomic E-state index is 13.0. The first-order valence-corrected chi connectivity index (χ1v) is 8.43. The van der Waals surface area contributed by atoms with Gasteiger partial charge in [-0.2, -0.15) is 4.79 Å². The molecule has 1 aromatic carbocycles. The molecule has 0 radical (unpaired) electrons. The summed E-state index contributed by atoms with van der Waals surface area (Å²) in [5.74, 6) is 0. The highest BCUT2D eigenvalue weighted by molar-refractivity contribution is 5.60. The minimum atomic E-state index is -0.483. The van der Waals surface area contributed by atoms with Gasteiger partial charge >= 0.3 is 6.09 Å². The number of carbonyl (C=O) groups excluding carboxylic acids is 1. The van der Waals surface area contributed by atoms with Gasteiger partial charge in [-0.05, 0) is 20.8 Å². The normalized spacial score (nSPS) is 27.5. The molecule has 1 saturated heterocycles. The number of hydrogen-bond acceptors (Lipinski definition) is 3. The van der Waals surface area contributed by atoms with E-state index < -0.39 is 5.60 Å². The lowest BCUT2D eigenvalue weighted by atomic mass is 9.78. The molecular formula is C19H31N2O2+. The summed E-state index contributed by atoms with van der Waals surface area (Å²) in [6.45, 7) is 12.2. The van der Waals surface area contributed by atoms with Gasteiger partial charge in [0, 0.05) is 23.4 Å². The van der Waals surface area contributed by atoms with Crippen LogP contribution in [0.3, 0.4) is 0 Å². The Hall–Kier alpha value is -1.39. The van der Waals surface area contributed by atoms with E-state index in [9.17, 15) is 4.79 Å². The Labute approximate surface area is 140 Å². The van der Waals surface area contributed by atoms with E-state index in [-0.39, 0.29) is 17.6 Å². The minimum absolute atomic E-state index is 0.0933. The molecule has 0 bridgehead atoms. The molecule has 0 aromatic heterocycles. The standard InChI is InChI=1S/C19H31N2O2/c1-18(2,3)23-17(22)21(13-15-9-7-6-8-10-15)12-11-16(20)19(4,5)14-21/h6-10,16H,11-14,20H2,1-5H3/q+1. The average Bonchev–Trinajstić information content (AvgIpc) is 2.42. The van der Waals surface area contributed by atoms with Crippen LogP contribution in [0.15, 0.2) is 30.3 Å². The summed E-state index contributed by atoms with van der Waals surface area (Å²) < 4.78 is 6.10. The highest BCUT2D eigenvalue weighted by Crippen LogP contribution is 2.35. The zero-order valence-electron chi connectivity index (χ0n) is 15.1. The van der Waals surface area contributed by atoms with Crippen LogP contribution in [0, 0.1) is 5.41 Å². The third-order valence-corrected chi connectivity index (χ3v) is 4.69. The van der Waals surface area contributed by atoms with Crippen LogP contribution < -0.4 is 5.73 Å². The Balaban J connectivity index is 2.33. The number of nitrogens with two attached hydrogens (primary N) is 1. The summed E-state index contributed by atoms with van der Waals surface area (Å²) in [6.07, 6.45) is 0.695. The van der Waals surface area contributed by atoms with Gasteiger partial charge in [0.1, 0.15) is 12.1 Å². The predicted molar refractivity (Wildman–Crippen MR) is 92.7 cm³/mol. The zero-order valence-corrected chi connectivity index (χ0v) is 15.1. The van der Waals surface area contributed by atoms with Gasteiger partial charge < -0.3 is 10.5 Å². The van der Waals surface area contributed by atoms with Crippen molar-refractivity contribution in [3.8, 4) is 0 Å². The Bertz CT molecular complexity index is 548. The summed E-state index contributed by atoms with van der Waals surface area (Å²) in [7, 11) is 0. The smallest absolute Gasteiger partial charge is 0.414 e. The van der Waals surface area contributed by atoms with E-state index >= 15 is 0 Å². The molecule has 0 aliphatic carbocycles. The van der Waals surface area contributed by atoms with Gasteiger partial charge in [-0.25, -0.2) is 4.48 Å². The van der Waals surface area contributed by atoms with Gasteiger partial charge in [0.25, 0.3) is 0 Å². The molecule has 4 heteroatoms. The lowest BCUT2D eigenvalue weighted by Crippen LogP contribution is -2.65. The van der Waals surface area contributed by atoms with Crippen LogP contribution in [0.4, 0.5) is 4.79 Å². The molecule has 128 valence electrons. The summed E-state index contributed by atoms with van der Waals surface area (Å²) in [4.78, 5) is 13.0. The van der Waals surface area contributed by atoms with Crippen LogP contribution in [0.5, 0.6) is 0 Å². The second-order valence-electron chi connectivity index (χ2n) is 8.53. The zero-order chi connectivity index (χ0) is 17.3. The van der Waals surface area contributed by atoms with Gasteiger partial charge in [0.15, 0.2) is 0 Å². The quantitative estimate of drug-likeness (QED) is 0.846. The molecule has 0 spiro atoms. The topological polar surface area (TPSA) is 52.3 Å². The summed E-state index contributed by atoms with van der Waals surface area (Å²) in [6, 6.07) is 10.3. The number of amides is 1. The lowest BCUT2D eigenvalue weighted by Gasteiger charge is -2.47. The van der Waals surface area contributed by atoms with Crippen LogP contribution in [-0.4, -0.2) is 35.3 Å². The van der Waals surface area contributed by atoms with Gasteiger partial charge in [-0.15, -0.1) is 0 Å². The predicted octanol–water partition coefficient (Wildman–Crippen LogP) is 3.70. The maximum absolute atomic E-state index is 13.0. The van der Waals surface area contributed by atoms with Crippen molar-refractivity contribution in [1.29, 1.82) is 0 Å². The van der Waals surface area contributed by atoms with Crippen LogP contribution in [0.25, 0.3) is 0 Å². The Morgan fingerprint density at radius 3 is 2.43 bits per heavy atom. The third-order valence-electron chi connectivity index (χ3n) is 4.69. The number of hydrogen-bond donors (Lipinski definition) is 1. The van der Waals surface area contributed by atoms with E-state index in [0.29, 0.717) is 17.6 Å². The second kappa shape index (κ2) is 6.25. The van der Waals surface area contributed by atoms with Crippen LogP contribution in [-0.2, 0) is 11.3 Å². The number of quaternary nitrogens is 1. The molecule has 23 heavy (non-hydrogen) atoms. The molecule has 4 nitrogen and oxygen atoms in total. The molecule has 2 unspecified atom stereocenters. The van der Waals surface area contributed by atoms with E-state index in [4.69, 9.17) is 10.5 Å². The minimum Gasteiger partial charge on any atom is -0.414 e. The Kier molecular flexibility index (Phi) is 4.88. The highest BCUT2D eigenvalue weighted by atomic mass is 16.6. The number of benzene rings is 1. The van der Waals surface area contributed by atoms with E-state index in [1.165, 1.54) is 0 Å². The number of likely N-dealkylation sites (tertiary alicyclic amines) is 1. The number of carbonyl (C=O) groups is 1. The van der Waals surface area contributed by atoms with Gasteiger partial charge in [0.2, 0.25) is 0 Å². The SMILES string of the molecule is CC(C)(C)OC(=O)[N+]1(Cc2ccccc2)CCC(N)C(C)(C)C1. The fourth-order valence-electron chi connectivity index (χ4n) is 3.40. The number of ether oxygens (including phenoxy) is 1. The van der Waals surface area contributed by atoms with Crippen molar-refractivity contribution in [1.82, 2.24) is 0 Å². The Morgan fingerprint density at radius 2 is 1.91 bits per heavy atom. The van der Waals surface area contributed by atoms with Crippen molar-refractivity contribution in [2.45, 2.75) is 59.2 Å². The summed E-state index contributed by atoms with van der Waals surface area (Å²) >= 11 is 0. The van der Waals surface area contributed by atoms with Crippen molar-refractivity contribution in [3.05, 3.63) is 35.9 Å². The lowest BCUT2D eigenvalue weighted by molar-refractivity contribution is -0.884. The van der Waals surface area contributed by atoms with Crippen LogP contribution in [0.2, 0.25) is 0 Å². The molecule has 1 aliphatic heterocycles. The van der Waals surface area contributed by atoms with Gasteiger partial charge in [-0.3, -0.25) is 0 Å². The first-order chi connectivity index (χ1) is 10.5. The van der Waals surface area contributed by atoms with Gasteiger partial charge in [-0.1, -0.05) is 44.2 Å². The highest BCUT2D eigenvalue weighted by Gasteiger charge is 2.50. The molecule has 1 aliphatic rings. The second-order valence-corrected chi connectivity index (χ2v) is 8.53. The van der Waals surface area contributed by atoms with Gasteiger partial charge in [0.05, 0.1) is 13.1 Å². The molecule has 2 N–H and O–H groups in total. The van der Waals surface area contributed by atoms with Crippen molar-refractivity contribution < 1.29 is 14.0 Å². The first-order valence-electron chi connectivity index (χ1n) is 8.43. The molecule has 2 atom stereocenters. The molecule has 1 aromatic rings. The van der Waals surface area contributed by atoms with E-state index in [1.807, 2.05) is 39.0 Å². The summed E-state index contributed by atoms with van der Waals surface area (Å²) in [5.41, 5.74) is 6.87. The molecule has 2 rings (SSSR count). The average molecular weight is 319 g/mol. The first kappa shape index (κ1) is 18.0. The number of rotatable bonds is 2. The van der Waals surface area contributed by atoms with Crippen LogP contribution in [0.1, 0.15) is 46.6 Å². The van der Waals surface area contributed by atoms with Crippen LogP contribution >= 0.6 is 0 Å². The van der Waals surface area contributed by atoms with Crippen molar-refractivity contribution in [3.63, 3.8) is 0 Å². The molecular weight excluding hydrogens is 288 g/mol. The number of piperidine rings is 1. The van der Waals surface area contributed by atoms with Crippen molar-refractivity contribution in [2.24, 2.45) is 11.1 Å². The number of nitrogens with zero attached hydrogens (tertiary/aromatic N) is 1. The monoisotopic (exact) mass is 319 g/mol. The van der Waals surface area contributed by atoms with E-state index in [1.54, 1.807) is 0 Å². The third kappa shape index (κ3) is 4.33. The maximum Gasteiger partial charge on any atom is 0.516 e. The van der Waals surface area contributed by atoms with Crippen molar-refractivity contribution >= 4 is 6.09 Å². The summed E-state index contributed by atoms with van der Waals surface area (Å²) in [5, 5.41) is 0. The fourth-order valence-corrected chi connectivity index (χ4v) is 3.40. The molecule has 1 heterocycles. The van der Waals surface area contributed by atoms with E-state index in [0.717, 1.165) is 18.5 Å². The molecule has 1 amide bonds. The van der Waals surface area contributed by atoms with Crippen molar-refractivity contribution in [2.75, 3.05) is 13.1 Å².